The van der Waals surface area contributed by atoms with Crippen LogP contribution in [0.3, 0.4) is 0 Å². The average Bonchev–Trinajstić information content (AvgIpc) is 2.90. The minimum atomic E-state index is -1.80. The number of ether oxygens (including phenoxy) is 2. The summed E-state index contributed by atoms with van der Waals surface area (Å²) in [5.74, 6) is -3.23. The summed E-state index contributed by atoms with van der Waals surface area (Å²) in [6.45, 7) is 0.939. The van der Waals surface area contributed by atoms with E-state index in [1.165, 1.54) is 18.7 Å². The van der Waals surface area contributed by atoms with Gasteiger partial charge in [-0.05, 0) is 23.3 Å². The van der Waals surface area contributed by atoms with E-state index in [1.54, 1.807) is 36.4 Å². The first-order chi connectivity index (χ1) is 18.6. The van der Waals surface area contributed by atoms with Crippen LogP contribution in [0.2, 0.25) is 0 Å². The molecule has 2 atom stereocenters. The molecule has 2 aliphatic rings. The lowest BCUT2D eigenvalue weighted by Crippen LogP contribution is -2.81. The molecule has 2 aliphatic heterocycles. The van der Waals surface area contributed by atoms with Crippen molar-refractivity contribution in [2.24, 2.45) is 5.73 Å². The molecule has 4 rings (SSSR count). The summed E-state index contributed by atoms with van der Waals surface area (Å²) in [6, 6.07) is 15.7. The molecule has 0 saturated carbocycles. The molecule has 0 spiro atoms. The first-order valence-electron chi connectivity index (χ1n) is 11.8. The number of carboxylic acids is 1. The molecule has 13 heteroatoms. The Morgan fingerprint density at radius 1 is 1.13 bits per heavy atom. The second kappa shape index (κ2) is 11.6. The lowest BCUT2D eigenvalue weighted by molar-refractivity contribution is -0.201. The highest BCUT2D eigenvalue weighted by molar-refractivity contribution is 8.00. The van der Waals surface area contributed by atoms with Crippen molar-refractivity contribution >= 4 is 47.2 Å². The Morgan fingerprint density at radius 3 is 2.44 bits per heavy atom. The molecular weight excluding hydrogens is 526 g/mol. The number of β-lactam (4-membered cyclic amide) rings is 1. The Labute approximate surface area is 228 Å². The van der Waals surface area contributed by atoms with Crippen LogP contribution in [-0.4, -0.2) is 63.2 Å². The van der Waals surface area contributed by atoms with Crippen LogP contribution in [-0.2, 0) is 41.7 Å². The molecule has 2 aromatic rings. The van der Waals surface area contributed by atoms with Gasteiger partial charge in [0.05, 0.1) is 13.0 Å². The quantitative estimate of drug-likeness (QED) is 0.0947. The van der Waals surface area contributed by atoms with Crippen molar-refractivity contribution in [1.82, 2.24) is 10.2 Å². The standard InChI is InChI=1S/C26H27N5O7S/c1-15(32)37-13-18-14-39-24-26(23(36)31(24)21(18)22(34)35,38-12-17-5-3-2-4-6-17)30-20(33)11-16-7-9-19(10-8-16)29-25(27)28/h2-10,24H,11-14H2,1H3,(H,30,33)(H,34,35)(H4,27,28,29)/t24-,26+/m1/s1. The first kappa shape index (κ1) is 27.7. The number of nitrogens with two attached hydrogens (primary N) is 1. The average molecular weight is 554 g/mol. The van der Waals surface area contributed by atoms with E-state index in [0.717, 1.165) is 10.5 Å². The van der Waals surface area contributed by atoms with Gasteiger partial charge in [-0.3, -0.25) is 24.7 Å². The highest BCUT2D eigenvalue weighted by atomic mass is 32.2. The van der Waals surface area contributed by atoms with Gasteiger partial charge in [0.1, 0.15) is 17.7 Å². The number of carbonyl (C=O) groups excluding carboxylic acids is 3. The molecule has 0 aliphatic carbocycles. The number of carboxylic acid groups (broad SMARTS) is 1. The lowest BCUT2D eigenvalue weighted by atomic mass is 9.97. The van der Waals surface area contributed by atoms with Crippen molar-refractivity contribution in [3.63, 3.8) is 0 Å². The van der Waals surface area contributed by atoms with Gasteiger partial charge in [0.25, 0.3) is 11.6 Å². The fraction of sp³-hybridized carbons (Fsp3) is 0.269. The van der Waals surface area contributed by atoms with Crippen LogP contribution in [0.1, 0.15) is 18.1 Å². The first-order valence-corrected chi connectivity index (χ1v) is 12.9. The maximum Gasteiger partial charge on any atom is 0.352 e. The third-order valence-corrected chi connectivity index (χ3v) is 7.37. The molecule has 0 aromatic heterocycles. The van der Waals surface area contributed by atoms with Gasteiger partial charge in [-0.2, -0.15) is 0 Å². The van der Waals surface area contributed by atoms with E-state index in [-0.39, 0.29) is 42.6 Å². The zero-order chi connectivity index (χ0) is 28.2. The number of aliphatic carboxylic acids is 1. The number of hydrogen-bond donors (Lipinski definition) is 5. The highest BCUT2D eigenvalue weighted by Gasteiger charge is 2.67. The van der Waals surface area contributed by atoms with Crippen molar-refractivity contribution in [3.8, 4) is 0 Å². The fourth-order valence-electron chi connectivity index (χ4n) is 4.24. The van der Waals surface area contributed by atoms with Crippen molar-refractivity contribution in [2.75, 3.05) is 17.7 Å². The Morgan fingerprint density at radius 2 is 1.82 bits per heavy atom. The van der Waals surface area contributed by atoms with Gasteiger partial charge < -0.3 is 30.9 Å². The monoisotopic (exact) mass is 553 g/mol. The van der Waals surface area contributed by atoms with Gasteiger partial charge in [-0.25, -0.2) is 4.79 Å². The Hall–Kier alpha value is -4.36. The number of nitrogens with zero attached hydrogens (tertiary/aromatic N) is 1. The highest BCUT2D eigenvalue weighted by Crippen LogP contribution is 2.47. The number of thioether (sulfide) groups is 1. The van der Waals surface area contributed by atoms with Gasteiger partial charge in [0.15, 0.2) is 5.96 Å². The topological polar surface area (TPSA) is 184 Å². The van der Waals surface area contributed by atoms with Crippen LogP contribution >= 0.6 is 11.8 Å². The fourth-order valence-corrected chi connectivity index (χ4v) is 5.63. The second-order valence-electron chi connectivity index (χ2n) is 8.85. The second-order valence-corrected chi connectivity index (χ2v) is 9.92. The number of guanidine groups is 1. The smallest absolute Gasteiger partial charge is 0.352 e. The molecule has 0 bridgehead atoms. The molecule has 0 radical (unpaired) electrons. The molecule has 39 heavy (non-hydrogen) atoms. The zero-order valence-corrected chi connectivity index (χ0v) is 21.7. The number of benzene rings is 2. The van der Waals surface area contributed by atoms with Gasteiger partial charge in [0.2, 0.25) is 5.91 Å². The van der Waals surface area contributed by atoms with Crippen molar-refractivity contribution < 1.29 is 33.8 Å². The van der Waals surface area contributed by atoms with Crippen LogP contribution in [0.5, 0.6) is 0 Å². The molecule has 204 valence electrons. The van der Waals surface area contributed by atoms with E-state index < -0.39 is 34.9 Å². The number of nitrogens with one attached hydrogen (secondary N) is 3. The predicted molar refractivity (Wildman–Crippen MR) is 142 cm³/mol. The lowest BCUT2D eigenvalue weighted by Gasteiger charge is -2.56. The van der Waals surface area contributed by atoms with Crippen LogP contribution in [0.25, 0.3) is 0 Å². The van der Waals surface area contributed by atoms with E-state index in [2.05, 4.69) is 10.6 Å². The molecule has 2 heterocycles. The number of rotatable bonds is 10. The number of anilines is 1. The Bertz CT molecular complexity index is 1330. The van der Waals surface area contributed by atoms with Gasteiger partial charge in [-0.15, -0.1) is 11.8 Å². The van der Waals surface area contributed by atoms with Crippen molar-refractivity contribution in [1.29, 1.82) is 5.41 Å². The number of hydrogen-bond acceptors (Lipinski definition) is 8. The summed E-state index contributed by atoms with van der Waals surface area (Å²) < 4.78 is 11.1. The maximum absolute atomic E-state index is 13.6. The summed E-state index contributed by atoms with van der Waals surface area (Å²) in [5, 5.41) is 21.7. The molecule has 2 amide bonds. The van der Waals surface area contributed by atoms with Crippen molar-refractivity contribution in [3.05, 3.63) is 77.0 Å². The summed E-state index contributed by atoms with van der Waals surface area (Å²) in [6.07, 6.45) is -0.0825. The van der Waals surface area contributed by atoms with E-state index in [9.17, 15) is 24.3 Å². The van der Waals surface area contributed by atoms with Gasteiger partial charge in [-0.1, -0.05) is 42.5 Å². The van der Waals surface area contributed by atoms with E-state index in [1.807, 2.05) is 18.2 Å². The van der Waals surface area contributed by atoms with Gasteiger partial charge in [0, 0.05) is 23.9 Å². The normalized spacial score (nSPS) is 20.0. The summed E-state index contributed by atoms with van der Waals surface area (Å²) in [4.78, 5) is 51.2. The molecular formula is C26H27N5O7S. The molecule has 2 aromatic carbocycles. The zero-order valence-electron chi connectivity index (χ0n) is 20.9. The minimum absolute atomic E-state index is 0.00437. The van der Waals surface area contributed by atoms with Crippen LogP contribution in [0.4, 0.5) is 5.69 Å². The molecule has 6 N–H and O–H groups in total. The molecule has 1 saturated heterocycles. The van der Waals surface area contributed by atoms with Crippen LogP contribution < -0.4 is 16.4 Å². The number of esters is 1. The third kappa shape index (κ3) is 6.04. The molecule has 1 fully saturated rings. The van der Waals surface area contributed by atoms with Crippen molar-refractivity contribution in [2.45, 2.75) is 31.1 Å². The number of amides is 2. The maximum atomic E-state index is 13.6. The molecule has 0 unspecified atom stereocenters. The third-order valence-electron chi connectivity index (χ3n) is 5.99. The number of carbonyl (C=O) groups is 4. The van der Waals surface area contributed by atoms with Gasteiger partial charge >= 0.3 is 11.9 Å². The van der Waals surface area contributed by atoms with E-state index in [4.69, 9.17) is 20.6 Å². The summed E-state index contributed by atoms with van der Waals surface area (Å²) in [5.41, 5.74) is 5.49. The SMILES string of the molecule is CC(=O)OCC1=C(C(=O)O)N2C(=O)[C@](NC(=O)Cc3ccc(NC(=N)N)cc3)(OCc3ccccc3)[C@H]2SC1. The van der Waals surface area contributed by atoms with E-state index in [0.29, 0.717) is 11.3 Å². The van der Waals surface area contributed by atoms with Crippen LogP contribution in [0.15, 0.2) is 65.9 Å². The summed E-state index contributed by atoms with van der Waals surface area (Å²) in [7, 11) is 0. The predicted octanol–water partition coefficient (Wildman–Crippen LogP) is 1.38. The largest absolute Gasteiger partial charge is 0.477 e. The van der Waals surface area contributed by atoms with E-state index >= 15 is 0 Å². The minimum Gasteiger partial charge on any atom is -0.477 e. The summed E-state index contributed by atoms with van der Waals surface area (Å²) >= 11 is 1.21. The Kier molecular flexibility index (Phi) is 8.21. The molecule has 12 nitrogen and oxygen atoms in total. The Balaban J connectivity index is 1.57. The van der Waals surface area contributed by atoms with Crippen LogP contribution in [0, 0.1) is 5.41 Å². The number of fused-ring (bicyclic) bond motifs is 1.